The van der Waals surface area contributed by atoms with E-state index in [-0.39, 0.29) is 24.0 Å². The van der Waals surface area contributed by atoms with Gasteiger partial charge in [0.25, 0.3) is 0 Å². The molecular formula is C15H22FN3O2. The van der Waals surface area contributed by atoms with Crippen LogP contribution in [0.3, 0.4) is 0 Å². The SMILES string of the molecule is CC(NC1CN(C(=O)OC(C)(C)C)C1)c1ccc(F)cn1. The van der Waals surface area contributed by atoms with Crippen LogP contribution in [-0.2, 0) is 4.74 Å². The zero-order valence-corrected chi connectivity index (χ0v) is 12.9. The van der Waals surface area contributed by atoms with Crippen molar-refractivity contribution in [1.82, 2.24) is 15.2 Å². The number of nitrogens with zero attached hydrogens (tertiary/aromatic N) is 2. The van der Waals surface area contributed by atoms with Gasteiger partial charge in [0.2, 0.25) is 0 Å². The Bertz CT molecular complexity index is 493. The van der Waals surface area contributed by atoms with Crippen LogP contribution < -0.4 is 5.32 Å². The molecule has 2 rings (SSSR count). The molecule has 1 amide bonds. The standard InChI is InChI=1S/C15H22FN3O2/c1-10(13-6-5-11(16)7-17-13)18-12-8-19(9-12)14(20)21-15(2,3)4/h5-7,10,12,18H,8-9H2,1-4H3. The normalized spacial score (nSPS) is 17.3. The largest absolute Gasteiger partial charge is 0.444 e. The minimum atomic E-state index is -0.471. The molecule has 1 unspecified atom stereocenters. The van der Waals surface area contributed by atoms with E-state index in [2.05, 4.69) is 10.3 Å². The quantitative estimate of drug-likeness (QED) is 0.931. The van der Waals surface area contributed by atoms with Gasteiger partial charge in [-0.05, 0) is 39.8 Å². The maximum absolute atomic E-state index is 12.8. The van der Waals surface area contributed by atoms with Crippen molar-refractivity contribution in [2.45, 2.75) is 45.4 Å². The van der Waals surface area contributed by atoms with Crippen LogP contribution in [0, 0.1) is 5.82 Å². The Morgan fingerprint density at radius 1 is 1.48 bits per heavy atom. The second-order valence-corrected chi connectivity index (χ2v) is 6.37. The van der Waals surface area contributed by atoms with Crippen LogP contribution in [0.1, 0.15) is 39.4 Å². The van der Waals surface area contributed by atoms with Crippen molar-refractivity contribution in [1.29, 1.82) is 0 Å². The van der Waals surface area contributed by atoms with Crippen molar-refractivity contribution in [2.24, 2.45) is 0 Å². The number of hydrogen-bond donors (Lipinski definition) is 1. The third-order valence-corrected chi connectivity index (χ3v) is 3.21. The molecule has 1 aliphatic heterocycles. The van der Waals surface area contributed by atoms with Crippen molar-refractivity contribution >= 4 is 6.09 Å². The number of carbonyl (C=O) groups excluding carboxylic acids is 1. The Morgan fingerprint density at radius 2 is 2.14 bits per heavy atom. The third kappa shape index (κ3) is 4.39. The van der Waals surface area contributed by atoms with Gasteiger partial charge in [0.05, 0.1) is 11.9 Å². The molecule has 1 aliphatic rings. The van der Waals surface area contributed by atoms with E-state index >= 15 is 0 Å². The average Bonchev–Trinajstić information content (AvgIpc) is 2.31. The highest BCUT2D eigenvalue weighted by atomic mass is 19.1. The van der Waals surface area contributed by atoms with Gasteiger partial charge in [-0.2, -0.15) is 0 Å². The summed E-state index contributed by atoms with van der Waals surface area (Å²) in [5.74, 6) is -0.342. The van der Waals surface area contributed by atoms with E-state index in [0.29, 0.717) is 13.1 Å². The van der Waals surface area contributed by atoms with Crippen molar-refractivity contribution in [3.63, 3.8) is 0 Å². The van der Waals surface area contributed by atoms with Gasteiger partial charge < -0.3 is 15.0 Å². The first kappa shape index (κ1) is 15.7. The zero-order chi connectivity index (χ0) is 15.6. The highest BCUT2D eigenvalue weighted by Gasteiger charge is 2.34. The van der Waals surface area contributed by atoms with Gasteiger partial charge in [-0.3, -0.25) is 4.98 Å². The van der Waals surface area contributed by atoms with E-state index in [1.807, 2.05) is 27.7 Å². The molecule has 0 aliphatic carbocycles. The minimum absolute atomic E-state index is 0.0105. The molecule has 1 atom stereocenters. The first-order valence-corrected chi connectivity index (χ1v) is 7.10. The average molecular weight is 295 g/mol. The van der Waals surface area contributed by atoms with Crippen LogP contribution in [0.5, 0.6) is 0 Å². The van der Waals surface area contributed by atoms with Crippen LogP contribution >= 0.6 is 0 Å². The van der Waals surface area contributed by atoms with E-state index in [4.69, 9.17) is 4.74 Å². The number of pyridine rings is 1. The van der Waals surface area contributed by atoms with Crippen molar-refractivity contribution in [3.8, 4) is 0 Å². The van der Waals surface area contributed by atoms with E-state index < -0.39 is 5.60 Å². The molecule has 1 aromatic heterocycles. The maximum Gasteiger partial charge on any atom is 0.410 e. The summed E-state index contributed by atoms with van der Waals surface area (Å²) in [6.07, 6.45) is 0.925. The van der Waals surface area contributed by atoms with E-state index in [9.17, 15) is 9.18 Å². The molecule has 6 heteroatoms. The second-order valence-electron chi connectivity index (χ2n) is 6.37. The summed E-state index contributed by atoms with van der Waals surface area (Å²) in [5, 5.41) is 3.37. The Hall–Kier alpha value is -1.69. The predicted molar refractivity (Wildman–Crippen MR) is 77.3 cm³/mol. The molecule has 116 valence electrons. The van der Waals surface area contributed by atoms with Crippen LogP contribution in [-0.4, -0.2) is 40.7 Å². The topological polar surface area (TPSA) is 54.5 Å². The molecule has 1 fully saturated rings. The fourth-order valence-electron chi connectivity index (χ4n) is 2.14. The molecule has 0 bridgehead atoms. The predicted octanol–water partition coefficient (Wildman–Crippen LogP) is 2.49. The van der Waals surface area contributed by atoms with Gasteiger partial charge in [0.1, 0.15) is 11.4 Å². The molecule has 1 N–H and O–H groups in total. The Morgan fingerprint density at radius 3 is 2.67 bits per heavy atom. The Labute approximate surface area is 124 Å². The summed E-state index contributed by atoms with van der Waals surface area (Å²) < 4.78 is 18.1. The lowest BCUT2D eigenvalue weighted by Crippen LogP contribution is -2.60. The molecule has 1 saturated heterocycles. The zero-order valence-electron chi connectivity index (χ0n) is 12.9. The van der Waals surface area contributed by atoms with Gasteiger partial charge in [0.15, 0.2) is 0 Å². The molecule has 0 aromatic carbocycles. The summed E-state index contributed by atoms with van der Waals surface area (Å²) in [6, 6.07) is 3.28. The second kappa shape index (κ2) is 5.97. The summed E-state index contributed by atoms with van der Waals surface area (Å²) >= 11 is 0. The number of ether oxygens (including phenoxy) is 1. The molecular weight excluding hydrogens is 273 g/mol. The van der Waals surface area contributed by atoms with Gasteiger partial charge in [-0.25, -0.2) is 9.18 Å². The lowest BCUT2D eigenvalue weighted by Gasteiger charge is -2.41. The fraction of sp³-hybridized carbons (Fsp3) is 0.600. The lowest BCUT2D eigenvalue weighted by atomic mass is 10.1. The number of likely N-dealkylation sites (tertiary alicyclic amines) is 1. The van der Waals surface area contributed by atoms with Crippen molar-refractivity contribution in [2.75, 3.05) is 13.1 Å². The number of nitrogens with one attached hydrogen (secondary N) is 1. The minimum Gasteiger partial charge on any atom is -0.444 e. The highest BCUT2D eigenvalue weighted by Crippen LogP contribution is 2.18. The summed E-state index contributed by atoms with van der Waals surface area (Å²) in [6.45, 7) is 8.74. The number of amides is 1. The maximum atomic E-state index is 12.8. The molecule has 0 radical (unpaired) electrons. The molecule has 21 heavy (non-hydrogen) atoms. The van der Waals surface area contributed by atoms with E-state index in [1.54, 1.807) is 11.0 Å². The van der Waals surface area contributed by atoms with E-state index in [0.717, 1.165) is 5.69 Å². The summed E-state index contributed by atoms with van der Waals surface area (Å²) in [5.41, 5.74) is 0.313. The van der Waals surface area contributed by atoms with Gasteiger partial charge in [-0.15, -0.1) is 0 Å². The van der Waals surface area contributed by atoms with Crippen molar-refractivity contribution < 1.29 is 13.9 Å². The number of halogens is 1. The third-order valence-electron chi connectivity index (χ3n) is 3.21. The van der Waals surface area contributed by atoms with Crippen LogP contribution in [0.4, 0.5) is 9.18 Å². The smallest absolute Gasteiger partial charge is 0.410 e. The number of hydrogen-bond acceptors (Lipinski definition) is 4. The number of carbonyl (C=O) groups is 1. The molecule has 1 aromatic rings. The number of aromatic nitrogens is 1. The van der Waals surface area contributed by atoms with Gasteiger partial charge in [-0.1, -0.05) is 0 Å². The summed E-state index contributed by atoms with van der Waals surface area (Å²) in [7, 11) is 0. The molecule has 0 spiro atoms. The molecule has 2 heterocycles. The Balaban J connectivity index is 1.77. The number of rotatable bonds is 3. The summed E-state index contributed by atoms with van der Waals surface area (Å²) in [4.78, 5) is 17.5. The van der Waals surface area contributed by atoms with Gasteiger partial charge >= 0.3 is 6.09 Å². The van der Waals surface area contributed by atoms with Crippen molar-refractivity contribution in [3.05, 3.63) is 29.8 Å². The van der Waals surface area contributed by atoms with Gasteiger partial charge in [0, 0.05) is 25.2 Å². The molecule has 0 saturated carbocycles. The van der Waals surface area contributed by atoms with Crippen LogP contribution in [0.15, 0.2) is 18.3 Å². The monoisotopic (exact) mass is 295 g/mol. The first-order valence-electron chi connectivity index (χ1n) is 7.10. The van der Waals surface area contributed by atoms with Crippen LogP contribution in [0.25, 0.3) is 0 Å². The molecule has 5 nitrogen and oxygen atoms in total. The lowest BCUT2D eigenvalue weighted by molar-refractivity contribution is 0.00429. The van der Waals surface area contributed by atoms with E-state index in [1.165, 1.54) is 12.3 Å². The first-order chi connectivity index (χ1) is 9.74. The fourth-order valence-corrected chi connectivity index (χ4v) is 2.14. The van der Waals surface area contributed by atoms with Crippen LogP contribution in [0.2, 0.25) is 0 Å². The highest BCUT2D eigenvalue weighted by molar-refractivity contribution is 5.69. The Kier molecular flexibility index (Phi) is 4.46.